The molecule has 0 aromatic carbocycles. The number of aryl methyl sites for hydroxylation is 1. The fraction of sp³-hybridized carbons (Fsp3) is 0.636. The molecular formula is C11H18ClN3OS. The van der Waals surface area contributed by atoms with Crippen LogP contribution < -0.4 is 5.32 Å². The first-order valence-electron chi connectivity index (χ1n) is 5.54. The molecule has 4 nitrogen and oxygen atoms in total. The number of carbonyl (C=O) groups excluding carboxylic acids is 1. The van der Waals surface area contributed by atoms with E-state index < -0.39 is 0 Å². The Labute approximate surface area is 111 Å². The normalized spacial score (nSPS) is 10.8. The second kappa shape index (κ2) is 7.63. The fourth-order valence-corrected chi connectivity index (χ4v) is 2.50. The average molecular weight is 276 g/mol. The molecule has 1 heterocycles. The third kappa shape index (κ3) is 5.48. The van der Waals surface area contributed by atoms with Gasteiger partial charge in [-0.05, 0) is 20.0 Å². The van der Waals surface area contributed by atoms with E-state index in [-0.39, 0.29) is 5.91 Å². The number of halogens is 1. The van der Waals surface area contributed by atoms with Crippen molar-refractivity contribution in [1.29, 1.82) is 0 Å². The Morgan fingerprint density at radius 3 is 3.00 bits per heavy atom. The first-order chi connectivity index (χ1) is 8.15. The summed E-state index contributed by atoms with van der Waals surface area (Å²) in [5, 5.41) is 5.73. The molecule has 0 radical (unpaired) electrons. The molecule has 0 fully saturated rings. The number of aromatic nitrogens is 1. The van der Waals surface area contributed by atoms with Gasteiger partial charge in [-0.1, -0.05) is 0 Å². The van der Waals surface area contributed by atoms with Gasteiger partial charge in [0.1, 0.15) is 0 Å². The van der Waals surface area contributed by atoms with Crippen molar-refractivity contribution < 1.29 is 4.79 Å². The molecule has 0 aliphatic rings. The summed E-state index contributed by atoms with van der Waals surface area (Å²) >= 11 is 7.34. The number of hydrogen-bond acceptors (Lipinski definition) is 4. The van der Waals surface area contributed by atoms with Crippen LogP contribution in [0.5, 0.6) is 0 Å². The van der Waals surface area contributed by atoms with E-state index in [1.807, 2.05) is 17.3 Å². The molecule has 0 unspecified atom stereocenters. The van der Waals surface area contributed by atoms with Crippen LogP contribution in [-0.2, 0) is 17.1 Å². The molecule has 1 amide bonds. The maximum Gasteiger partial charge on any atom is 0.233 e. The smallest absolute Gasteiger partial charge is 0.233 e. The molecule has 0 aliphatic carbocycles. The van der Waals surface area contributed by atoms with Gasteiger partial charge in [-0.2, -0.15) is 0 Å². The number of rotatable bonds is 7. The van der Waals surface area contributed by atoms with Gasteiger partial charge in [0.15, 0.2) is 0 Å². The van der Waals surface area contributed by atoms with E-state index >= 15 is 0 Å². The SMILES string of the molecule is CNC(=O)CN(C)CCCc1nc(CCl)cs1. The van der Waals surface area contributed by atoms with E-state index in [1.54, 1.807) is 18.4 Å². The summed E-state index contributed by atoms with van der Waals surface area (Å²) in [4.78, 5) is 17.5. The van der Waals surface area contributed by atoms with E-state index in [1.165, 1.54) is 0 Å². The number of nitrogens with zero attached hydrogens (tertiary/aromatic N) is 2. The number of hydrogen-bond donors (Lipinski definition) is 1. The standard InChI is InChI=1S/C11H18ClN3OS/c1-13-10(16)7-15(2)5-3-4-11-14-9(6-12)8-17-11/h8H,3-7H2,1-2H3,(H,13,16). The number of nitrogens with one attached hydrogen (secondary N) is 1. The van der Waals surface area contributed by atoms with Crippen molar-refractivity contribution in [3.63, 3.8) is 0 Å². The van der Waals surface area contributed by atoms with Crippen LogP contribution in [0.1, 0.15) is 17.1 Å². The Morgan fingerprint density at radius 2 is 2.41 bits per heavy atom. The number of alkyl halides is 1. The second-order valence-electron chi connectivity index (χ2n) is 3.88. The van der Waals surface area contributed by atoms with Crippen molar-refractivity contribution in [2.75, 3.05) is 27.2 Å². The lowest BCUT2D eigenvalue weighted by Crippen LogP contribution is -2.33. The number of amides is 1. The lowest BCUT2D eigenvalue weighted by molar-refractivity contribution is -0.121. The highest BCUT2D eigenvalue weighted by molar-refractivity contribution is 7.09. The van der Waals surface area contributed by atoms with Crippen LogP contribution in [0.15, 0.2) is 5.38 Å². The molecule has 0 saturated heterocycles. The van der Waals surface area contributed by atoms with Crippen molar-refractivity contribution in [2.24, 2.45) is 0 Å². The van der Waals surface area contributed by atoms with E-state index in [4.69, 9.17) is 11.6 Å². The monoisotopic (exact) mass is 275 g/mol. The summed E-state index contributed by atoms with van der Waals surface area (Å²) in [6.07, 6.45) is 1.95. The zero-order valence-corrected chi connectivity index (χ0v) is 11.8. The first-order valence-corrected chi connectivity index (χ1v) is 6.95. The van der Waals surface area contributed by atoms with Crippen molar-refractivity contribution in [1.82, 2.24) is 15.2 Å². The maximum absolute atomic E-state index is 11.1. The molecule has 0 bridgehead atoms. The number of thiazole rings is 1. The summed E-state index contributed by atoms with van der Waals surface area (Å²) in [7, 11) is 3.60. The lowest BCUT2D eigenvalue weighted by Gasteiger charge is -2.14. The van der Waals surface area contributed by atoms with Crippen molar-refractivity contribution in [3.8, 4) is 0 Å². The van der Waals surface area contributed by atoms with Crippen molar-refractivity contribution >= 4 is 28.8 Å². The third-order valence-corrected chi connectivity index (χ3v) is 3.59. The lowest BCUT2D eigenvalue weighted by atomic mass is 10.3. The van der Waals surface area contributed by atoms with Crippen LogP contribution in [0, 0.1) is 0 Å². The Kier molecular flexibility index (Phi) is 6.47. The first kappa shape index (κ1) is 14.4. The predicted octanol–water partition coefficient (Wildman–Crippen LogP) is 1.49. The molecule has 96 valence electrons. The summed E-state index contributed by atoms with van der Waals surface area (Å²) in [6, 6.07) is 0. The molecule has 1 rings (SSSR count). The molecule has 1 aromatic rings. The topological polar surface area (TPSA) is 45.2 Å². The Bertz CT molecular complexity index is 356. The maximum atomic E-state index is 11.1. The van der Waals surface area contributed by atoms with Crippen LogP contribution >= 0.6 is 22.9 Å². The van der Waals surface area contributed by atoms with Crippen LogP contribution in [0.3, 0.4) is 0 Å². The summed E-state index contributed by atoms with van der Waals surface area (Å²) in [6.45, 7) is 1.34. The van der Waals surface area contributed by atoms with E-state index in [2.05, 4.69) is 10.3 Å². The van der Waals surface area contributed by atoms with Crippen molar-refractivity contribution in [2.45, 2.75) is 18.7 Å². The van der Waals surface area contributed by atoms with Crippen LogP contribution in [0.25, 0.3) is 0 Å². The average Bonchev–Trinajstić information content (AvgIpc) is 2.76. The molecule has 0 aliphatic heterocycles. The molecule has 1 N–H and O–H groups in total. The van der Waals surface area contributed by atoms with E-state index in [9.17, 15) is 4.79 Å². The van der Waals surface area contributed by atoms with Gasteiger partial charge in [-0.3, -0.25) is 9.69 Å². The number of likely N-dealkylation sites (N-methyl/N-ethyl adjacent to an activating group) is 2. The minimum atomic E-state index is 0.0474. The van der Waals surface area contributed by atoms with Crippen LogP contribution in [-0.4, -0.2) is 43.0 Å². The quantitative estimate of drug-likeness (QED) is 0.767. The largest absolute Gasteiger partial charge is 0.358 e. The van der Waals surface area contributed by atoms with Crippen LogP contribution in [0.2, 0.25) is 0 Å². The molecule has 6 heteroatoms. The molecule has 0 spiro atoms. The highest BCUT2D eigenvalue weighted by Crippen LogP contribution is 2.13. The van der Waals surface area contributed by atoms with E-state index in [0.717, 1.165) is 30.1 Å². The van der Waals surface area contributed by atoms with Gasteiger partial charge in [-0.25, -0.2) is 4.98 Å². The van der Waals surface area contributed by atoms with Crippen LogP contribution in [0.4, 0.5) is 0 Å². The van der Waals surface area contributed by atoms with Gasteiger partial charge in [0.2, 0.25) is 5.91 Å². The van der Waals surface area contributed by atoms with Gasteiger partial charge in [0, 0.05) is 18.8 Å². The van der Waals surface area contributed by atoms with Gasteiger partial charge in [0.05, 0.1) is 23.1 Å². The highest BCUT2D eigenvalue weighted by Gasteiger charge is 2.05. The molecule has 0 saturated carbocycles. The molecule has 1 aromatic heterocycles. The zero-order chi connectivity index (χ0) is 12.7. The minimum absolute atomic E-state index is 0.0474. The minimum Gasteiger partial charge on any atom is -0.358 e. The molecule has 17 heavy (non-hydrogen) atoms. The van der Waals surface area contributed by atoms with Crippen molar-refractivity contribution in [3.05, 3.63) is 16.1 Å². The fourth-order valence-electron chi connectivity index (χ4n) is 1.43. The van der Waals surface area contributed by atoms with Gasteiger partial charge in [0.25, 0.3) is 0 Å². The summed E-state index contributed by atoms with van der Waals surface area (Å²) in [5.41, 5.74) is 0.949. The second-order valence-corrected chi connectivity index (χ2v) is 5.09. The Morgan fingerprint density at radius 1 is 1.65 bits per heavy atom. The zero-order valence-electron chi connectivity index (χ0n) is 10.2. The van der Waals surface area contributed by atoms with E-state index in [0.29, 0.717) is 12.4 Å². The molecule has 0 atom stereocenters. The Hall–Kier alpha value is -0.650. The Balaban J connectivity index is 2.20. The highest BCUT2D eigenvalue weighted by atomic mass is 35.5. The predicted molar refractivity (Wildman–Crippen MR) is 71.6 cm³/mol. The molecular weight excluding hydrogens is 258 g/mol. The summed E-state index contributed by atoms with van der Waals surface area (Å²) < 4.78 is 0. The van der Waals surface area contributed by atoms with Gasteiger partial charge in [-0.15, -0.1) is 22.9 Å². The third-order valence-electron chi connectivity index (χ3n) is 2.36. The van der Waals surface area contributed by atoms with Gasteiger partial charge < -0.3 is 5.32 Å². The summed E-state index contributed by atoms with van der Waals surface area (Å²) in [5.74, 6) is 0.527. The van der Waals surface area contributed by atoms with Gasteiger partial charge >= 0.3 is 0 Å². The number of carbonyl (C=O) groups is 1.